The summed E-state index contributed by atoms with van der Waals surface area (Å²) in [5, 5.41) is 9.18. The Labute approximate surface area is 113 Å². The minimum absolute atomic E-state index is 0.00870. The summed E-state index contributed by atoms with van der Waals surface area (Å²) in [7, 11) is -3.08. The van der Waals surface area contributed by atoms with Crippen molar-refractivity contribution in [3.05, 3.63) is 23.8 Å². The van der Waals surface area contributed by atoms with Crippen LogP contribution in [0.15, 0.2) is 18.2 Å². The first-order valence-electron chi connectivity index (χ1n) is 6.19. The van der Waals surface area contributed by atoms with Gasteiger partial charge in [0.05, 0.1) is 11.0 Å². The third kappa shape index (κ3) is 3.19. The van der Waals surface area contributed by atoms with Crippen LogP contribution < -0.4 is 9.47 Å². The minimum Gasteiger partial charge on any atom is -0.492 e. The van der Waals surface area contributed by atoms with Gasteiger partial charge in [-0.15, -0.1) is 0 Å². The second kappa shape index (κ2) is 5.38. The Bertz CT molecular complexity index is 550. The van der Waals surface area contributed by atoms with Gasteiger partial charge in [0.1, 0.15) is 30.8 Å². The summed E-state index contributed by atoms with van der Waals surface area (Å²) in [6.07, 6.45) is -0.592. The quantitative estimate of drug-likeness (QED) is 0.883. The molecule has 1 aromatic carbocycles. The fourth-order valence-electron chi connectivity index (χ4n) is 1.77. The summed E-state index contributed by atoms with van der Waals surface area (Å²) >= 11 is 0. The molecule has 0 saturated heterocycles. The molecule has 0 bridgehead atoms. The predicted octanol–water partition coefficient (Wildman–Crippen LogP) is 1.31. The number of hydrogen-bond acceptors (Lipinski definition) is 5. The molecule has 1 heterocycles. The Morgan fingerprint density at radius 3 is 2.89 bits per heavy atom. The Balaban J connectivity index is 1.95. The number of rotatable bonds is 5. The van der Waals surface area contributed by atoms with E-state index < -0.39 is 21.2 Å². The van der Waals surface area contributed by atoms with Crippen LogP contribution in [0.5, 0.6) is 11.5 Å². The van der Waals surface area contributed by atoms with Crippen LogP contribution in [-0.4, -0.2) is 37.7 Å². The Morgan fingerprint density at radius 2 is 2.21 bits per heavy atom. The smallest absolute Gasteiger partial charge is 0.155 e. The van der Waals surface area contributed by atoms with Gasteiger partial charge in [0.2, 0.25) is 0 Å². The molecule has 2 rings (SSSR count). The third-order valence-corrected chi connectivity index (χ3v) is 5.27. The van der Waals surface area contributed by atoms with Crippen molar-refractivity contribution in [3.8, 4) is 11.5 Å². The van der Waals surface area contributed by atoms with Gasteiger partial charge in [-0.3, -0.25) is 0 Å². The van der Waals surface area contributed by atoms with Crippen molar-refractivity contribution in [2.45, 2.75) is 25.2 Å². The summed E-state index contributed by atoms with van der Waals surface area (Å²) in [5.74, 6) is 1.13. The first-order chi connectivity index (χ1) is 8.90. The van der Waals surface area contributed by atoms with E-state index >= 15 is 0 Å². The number of fused-ring (bicyclic) bond motifs is 1. The monoisotopic (exact) mass is 286 g/mol. The van der Waals surface area contributed by atoms with Crippen LogP contribution in [-0.2, 0) is 9.84 Å². The van der Waals surface area contributed by atoms with Gasteiger partial charge in [-0.25, -0.2) is 8.42 Å². The van der Waals surface area contributed by atoms with Crippen molar-refractivity contribution >= 4 is 9.84 Å². The van der Waals surface area contributed by atoms with Crippen molar-refractivity contribution in [2.75, 3.05) is 19.0 Å². The summed E-state index contributed by atoms with van der Waals surface area (Å²) in [4.78, 5) is 0. The van der Waals surface area contributed by atoms with Gasteiger partial charge < -0.3 is 14.6 Å². The van der Waals surface area contributed by atoms with Gasteiger partial charge in [0.15, 0.2) is 9.84 Å². The van der Waals surface area contributed by atoms with Crippen LogP contribution in [0, 0.1) is 0 Å². The lowest BCUT2D eigenvalue weighted by Crippen LogP contribution is -2.22. The summed E-state index contributed by atoms with van der Waals surface area (Å²) < 4.78 is 33.9. The maximum absolute atomic E-state index is 11.6. The van der Waals surface area contributed by atoms with E-state index in [4.69, 9.17) is 9.47 Å². The van der Waals surface area contributed by atoms with Gasteiger partial charge in [0, 0.05) is 11.6 Å². The summed E-state index contributed by atoms with van der Waals surface area (Å²) in [5.41, 5.74) is 0.738. The molecular formula is C13H18O5S. The van der Waals surface area contributed by atoms with E-state index in [2.05, 4.69) is 0 Å². The molecule has 0 radical (unpaired) electrons. The van der Waals surface area contributed by atoms with E-state index in [1.165, 1.54) is 0 Å². The van der Waals surface area contributed by atoms with Gasteiger partial charge in [0.25, 0.3) is 0 Å². The highest BCUT2D eigenvalue weighted by Crippen LogP contribution is 2.34. The van der Waals surface area contributed by atoms with Crippen molar-refractivity contribution < 1.29 is 23.0 Å². The SMILES string of the molecule is CC(C)S(=O)(=O)CCOc1ccc2c(c1)OCC2O. The first-order valence-corrected chi connectivity index (χ1v) is 7.91. The van der Waals surface area contributed by atoms with Crippen LogP contribution in [0.25, 0.3) is 0 Å². The van der Waals surface area contributed by atoms with Crippen molar-refractivity contribution in [1.29, 1.82) is 0 Å². The molecule has 0 saturated carbocycles. The molecular weight excluding hydrogens is 268 g/mol. The molecule has 1 unspecified atom stereocenters. The highest BCUT2D eigenvalue weighted by atomic mass is 32.2. The van der Waals surface area contributed by atoms with E-state index in [1.54, 1.807) is 32.0 Å². The van der Waals surface area contributed by atoms with Gasteiger partial charge in [-0.2, -0.15) is 0 Å². The molecule has 106 valence electrons. The summed E-state index contributed by atoms with van der Waals surface area (Å²) in [6.45, 7) is 3.67. The second-order valence-electron chi connectivity index (χ2n) is 4.79. The number of aliphatic hydroxyl groups is 1. The van der Waals surface area contributed by atoms with E-state index in [1.807, 2.05) is 0 Å². The minimum atomic E-state index is -3.08. The number of benzene rings is 1. The second-order valence-corrected chi connectivity index (χ2v) is 7.47. The van der Waals surface area contributed by atoms with Crippen LogP contribution in [0.3, 0.4) is 0 Å². The molecule has 1 atom stereocenters. The van der Waals surface area contributed by atoms with Gasteiger partial charge >= 0.3 is 0 Å². The topological polar surface area (TPSA) is 72.8 Å². The Kier molecular flexibility index (Phi) is 4.01. The zero-order valence-electron chi connectivity index (χ0n) is 11.0. The molecule has 0 amide bonds. The molecule has 1 N–H and O–H groups in total. The van der Waals surface area contributed by atoms with Crippen molar-refractivity contribution in [3.63, 3.8) is 0 Å². The number of ether oxygens (including phenoxy) is 2. The lowest BCUT2D eigenvalue weighted by atomic mass is 10.1. The average Bonchev–Trinajstić information content (AvgIpc) is 2.70. The molecule has 1 aliphatic heterocycles. The van der Waals surface area contributed by atoms with Gasteiger partial charge in [-0.1, -0.05) is 0 Å². The highest BCUT2D eigenvalue weighted by Gasteiger charge is 2.22. The molecule has 5 nitrogen and oxygen atoms in total. The fourth-order valence-corrected chi connectivity index (χ4v) is 2.56. The molecule has 0 fully saturated rings. The van der Waals surface area contributed by atoms with Crippen molar-refractivity contribution in [2.24, 2.45) is 0 Å². The van der Waals surface area contributed by atoms with E-state index in [-0.39, 0.29) is 19.0 Å². The molecule has 0 aromatic heterocycles. The highest BCUT2D eigenvalue weighted by molar-refractivity contribution is 7.91. The molecule has 0 spiro atoms. The van der Waals surface area contributed by atoms with E-state index in [9.17, 15) is 13.5 Å². The fraction of sp³-hybridized carbons (Fsp3) is 0.538. The van der Waals surface area contributed by atoms with Crippen LogP contribution in [0.1, 0.15) is 25.5 Å². The molecule has 19 heavy (non-hydrogen) atoms. The largest absolute Gasteiger partial charge is 0.492 e. The maximum Gasteiger partial charge on any atom is 0.155 e. The standard InChI is InChI=1S/C13H18O5S/c1-9(2)19(15,16)6-5-17-10-3-4-11-12(14)8-18-13(11)7-10/h3-4,7,9,12,14H,5-6,8H2,1-2H3. The van der Waals surface area contributed by atoms with Crippen LogP contribution in [0.4, 0.5) is 0 Å². The van der Waals surface area contributed by atoms with Crippen LogP contribution >= 0.6 is 0 Å². The van der Waals surface area contributed by atoms with E-state index in [0.717, 1.165) is 5.56 Å². The molecule has 1 aliphatic rings. The number of hydrogen-bond donors (Lipinski definition) is 1. The normalized spacial score (nSPS) is 18.2. The molecule has 6 heteroatoms. The zero-order chi connectivity index (χ0) is 14.0. The average molecular weight is 286 g/mol. The Morgan fingerprint density at radius 1 is 1.47 bits per heavy atom. The number of sulfone groups is 1. The molecule has 0 aliphatic carbocycles. The van der Waals surface area contributed by atoms with Crippen molar-refractivity contribution in [1.82, 2.24) is 0 Å². The lowest BCUT2D eigenvalue weighted by Gasteiger charge is -2.10. The predicted molar refractivity (Wildman–Crippen MR) is 71.3 cm³/mol. The first kappa shape index (κ1) is 14.1. The van der Waals surface area contributed by atoms with Gasteiger partial charge in [-0.05, 0) is 26.0 Å². The molecule has 1 aromatic rings. The lowest BCUT2D eigenvalue weighted by molar-refractivity contribution is 0.140. The summed E-state index contributed by atoms with van der Waals surface area (Å²) in [6, 6.07) is 5.12. The number of aliphatic hydroxyl groups excluding tert-OH is 1. The third-order valence-electron chi connectivity index (χ3n) is 3.10. The maximum atomic E-state index is 11.6. The van der Waals surface area contributed by atoms with E-state index in [0.29, 0.717) is 11.5 Å². The zero-order valence-corrected chi connectivity index (χ0v) is 11.8. The van der Waals surface area contributed by atoms with Crippen LogP contribution in [0.2, 0.25) is 0 Å². The Hall–Kier alpha value is -1.27.